The molecule has 7 heterocycles. The van der Waals surface area contributed by atoms with E-state index in [-0.39, 0.29) is 12.0 Å². The van der Waals surface area contributed by atoms with Crippen LogP contribution in [0.4, 0.5) is 11.4 Å². The lowest BCUT2D eigenvalue weighted by Gasteiger charge is -2.31. The second-order valence-corrected chi connectivity index (χ2v) is 27.0. The Morgan fingerprint density at radius 1 is 0.245 bits per heavy atom. The SMILES string of the molecule is C1=CC2c3ccccc3N(c3ccccc3-c3ccccc3-n3c4ccccc4c4cc(-n5c6ccccc6c6cc(-c7cccc(-c8nc(-n9c%10ccccc%10c%10ccccc%109)nc(-n9c%10ccccc%10c%10ccccc%109)n8)c7-n7c8ccccc8c8ccccc87)ccc65)ccc43)C2C=C1. The van der Waals surface area contributed by atoms with Gasteiger partial charge in [-0.25, -0.2) is 0 Å². The van der Waals surface area contributed by atoms with Crippen LogP contribution in [-0.2, 0) is 0 Å². The molecule has 20 aromatic rings. The first-order valence-corrected chi connectivity index (χ1v) is 35.0. The largest absolute Gasteiger partial charge is 0.333 e. The molecule has 6 aromatic heterocycles. The minimum absolute atomic E-state index is 0.171. The lowest BCUT2D eigenvalue weighted by molar-refractivity contribution is 0.745. The van der Waals surface area contributed by atoms with Gasteiger partial charge in [-0.1, -0.05) is 243 Å². The van der Waals surface area contributed by atoms with Gasteiger partial charge in [-0.05, 0) is 114 Å². The van der Waals surface area contributed by atoms with E-state index in [1.54, 1.807) is 0 Å². The van der Waals surface area contributed by atoms with Crippen molar-refractivity contribution in [3.63, 3.8) is 0 Å². The Hall–Kier alpha value is -13.6. The first kappa shape index (κ1) is 56.4. The molecule has 0 saturated heterocycles. The molecule has 14 aromatic carbocycles. The van der Waals surface area contributed by atoms with E-state index in [1.807, 2.05) is 0 Å². The maximum Gasteiger partial charge on any atom is 0.240 e. The second-order valence-electron chi connectivity index (χ2n) is 27.0. The van der Waals surface area contributed by atoms with Gasteiger partial charge in [-0.15, -0.1) is 0 Å². The Kier molecular flexibility index (Phi) is 12.1. The standard InChI is InChI=1S/C93H59N9/c1-14-41-77-61(26-1)62-27-2-15-42-78(62)98(77)79-43-16-3-28-63(79)64-29-4-17-44-80(64)99-81-45-18-12-37-72(81)75-57-59(53-55-89(75)99)97-76-40-13-11-36-71(76)74-56-58(52-54-88(74)97)60-38-25-39-73(90(60)100-82-46-19-5-30-65(82)66-31-6-20-47-83(66)100)91-94-92(101-84-48-21-7-32-67(84)68-33-8-22-49-85(68)101)96-93(95-91)102-86-50-23-9-34-69(86)70-35-10-24-51-87(70)102/h1-57,61,77H. The first-order valence-electron chi connectivity index (χ1n) is 35.0. The van der Waals surface area contributed by atoms with Gasteiger partial charge in [0, 0.05) is 99.1 Å². The van der Waals surface area contributed by atoms with Gasteiger partial charge in [0.05, 0.1) is 72.6 Å². The van der Waals surface area contributed by atoms with Crippen LogP contribution in [0, 0.1) is 0 Å². The molecular weight excluding hydrogens is 1240 g/mol. The molecule has 0 amide bonds. The average Bonchev–Trinajstić information content (AvgIpc) is 1.57. The van der Waals surface area contributed by atoms with Gasteiger partial charge in [-0.2, -0.15) is 15.0 Å². The summed E-state index contributed by atoms with van der Waals surface area (Å²) in [5.74, 6) is 1.86. The number of nitrogens with zero attached hydrogens (tertiary/aromatic N) is 9. The highest BCUT2D eigenvalue weighted by atomic mass is 15.3. The Bertz CT molecular complexity index is 6710. The number of benzene rings is 14. The fraction of sp³-hybridized carbons (Fsp3) is 0.0215. The van der Waals surface area contributed by atoms with Crippen LogP contribution in [-0.4, -0.2) is 43.8 Å². The van der Waals surface area contributed by atoms with Gasteiger partial charge in [0.2, 0.25) is 11.9 Å². The molecule has 9 heteroatoms. The molecule has 0 fully saturated rings. The number of hydrogen-bond donors (Lipinski definition) is 0. The monoisotopic (exact) mass is 1300 g/mol. The maximum absolute atomic E-state index is 5.73. The lowest BCUT2D eigenvalue weighted by Crippen LogP contribution is -2.28. The minimum atomic E-state index is 0.171. The van der Waals surface area contributed by atoms with Crippen molar-refractivity contribution in [2.45, 2.75) is 12.0 Å². The summed E-state index contributed by atoms with van der Waals surface area (Å²) in [7, 11) is 0. The molecule has 2 aliphatic rings. The number of hydrogen-bond acceptors (Lipinski definition) is 4. The fourth-order valence-corrected chi connectivity index (χ4v) is 17.5. The van der Waals surface area contributed by atoms with Crippen molar-refractivity contribution in [1.29, 1.82) is 0 Å². The Balaban J connectivity index is 0.745. The normalized spacial score (nSPS) is 14.4. The van der Waals surface area contributed by atoms with Crippen LogP contribution in [0.25, 0.3) is 172 Å². The maximum atomic E-state index is 5.73. The summed E-state index contributed by atoms with van der Waals surface area (Å²) in [6.45, 7) is 0. The van der Waals surface area contributed by atoms with E-state index < -0.39 is 0 Å². The highest BCUT2D eigenvalue weighted by Crippen LogP contribution is 2.52. The van der Waals surface area contributed by atoms with E-state index in [2.05, 4.69) is 374 Å². The molecule has 0 radical (unpaired) electrons. The number of rotatable bonds is 9. The number of fused-ring (bicyclic) bond motifs is 18. The third-order valence-electron chi connectivity index (χ3n) is 21.7. The van der Waals surface area contributed by atoms with Crippen molar-refractivity contribution in [1.82, 2.24) is 37.8 Å². The molecule has 22 rings (SSSR count). The van der Waals surface area contributed by atoms with Gasteiger partial charge < -0.3 is 18.6 Å². The molecular formula is C93H59N9. The zero-order valence-corrected chi connectivity index (χ0v) is 55.1. The molecule has 1 aliphatic carbocycles. The van der Waals surface area contributed by atoms with Gasteiger partial charge in [-0.3, -0.25) is 9.13 Å². The van der Waals surface area contributed by atoms with Gasteiger partial charge in [0.15, 0.2) is 5.82 Å². The van der Waals surface area contributed by atoms with E-state index >= 15 is 0 Å². The highest BCUT2D eigenvalue weighted by molar-refractivity contribution is 6.16. The highest BCUT2D eigenvalue weighted by Gasteiger charge is 2.38. The van der Waals surface area contributed by atoms with Crippen molar-refractivity contribution < 1.29 is 0 Å². The quantitative estimate of drug-likeness (QED) is 0.144. The molecule has 2 unspecified atom stereocenters. The summed E-state index contributed by atoms with van der Waals surface area (Å²) in [5, 5.41) is 11.5. The van der Waals surface area contributed by atoms with Gasteiger partial charge in [0.25, 0.3) is 0 Å². The van der Waals surface area contributed by atoms with Gasteiger partial charge in [0.1, 0.15) is 0 Å². The van der Waals surface area contributed by atoms with Crippen LogP contribution in [0.15, 0.2) is 346 Å². The van der Waals surface area contributed by atoms with Crippen molar-refractivity contribution in [2.24, 2.45) is 0 Å². The molecule has 2 atom stereocenters. The Morgan fingerprint density at radius 2 is 0.627 bits per heavy atom. The predicted octanol–water partition coefficient (Wildman–Crippen LogP) is 23.1. The van der Waals surface area contributed by atoms with Crippen LogP contribution in [0.2, 0.25) is 0 Å². The number of allylic oxidation sites excluding steroid dienone is 2. The Morgan fingerprint density at radius 3 is 1.19 bits per heavy atom. The summed E-state index contributed by atoms with van der Waals surface area (Å²) < 4.78 is 11.8. The molecule has 0 saturated carbocycles. The second kappa shape index (κ2) is 21.9. The molecule has 9 nitrogen and oxygen atoms in total. The third-order valence-corrected chi connectivity index (χ3v) is 21.7. The summed E-state index contributed by atoms with van der Waals surface area (Å²) >= 11 is 0. The van der Waals surface area contributed by atoms with Crippen LogP contribution >= 0.6 is 0 Å². The number of para-hydroxylation sites is 12. The van der Waals surface area contributed by atoms with E-state index in [1.165, 1.54) is 38.8 Å². The zero-order valence-electron chi connectivity index (χ0n) is 55.1. The van der Waals surface area contributed by atoms with E-state index in [0.29, 0.717) is 17.7 Å². The third kappa shape index (κ3) is 8.12. The van der Waals surface area contributed by atoms with Crippen LogP contribution in [0.1, 0.15) is 11.5 Å². The first-order chi connectivity index (χ1) is 50.7. The van der Waals surface area contributed by atoms with Crippen LogP contribution < -0.4 is 4.90 Å². The minimum Gasteiger partial charge on any atom is -0.333 e. The van der Waals surface area contributed by atoms with E-state index in [9.17, 15) is 0 Å². The van der Waals surface area contributed by atoms with Crippen molar-refractivity contribution in [3.8, 4) is 62.6 Å². The van der Waals surface area contributed by atoms with Crippen molar-refractivity contribution >= 4 is 120 Å². The van der Waals surface area contributed by atoms with Crippen molar-refractivity contribution in [2.75, 3.05) is 4.90 Å². The van der Waals surface area contributed by atoms with Crippen LogP contribution in [0.5, 0.6) is 0 Å². The summed E-state index contributed by atoms with van der Waals surface area (Å²) in [6.07, 6.45) is 9.12. The zero-order chi connectivity index (χ0) is 66.7. The summed E-state index contributed by atoms with van der Waals surface area (Å²) in [5.41, 5.74) is 23.0. The number of anilines is 2. The summed E-state index contributed by atoms with van der Waals surface area (Å²) in [4.78, 5) is 19.6. The molecule has 0 bridgehead atoms. The average molecular weight is 1300 g/mol. The Labute approximate surface area is 585 Å². The fourth-order valence-electron chi connectivity index (χ4n) is 17.5. The lowest BCUT2D eigenvalue weighted by atomic mass is 9.91. The molecule has 102 heavy (non-hydrogen) atoms. The topological polar surface area (TPSA) is 66.6 Å². The molecule has 476 valence electrons. The molecule has 0 spiro atoms. The van der Waals surface area contributed by atoms with E-state index in [0.717, 1.165) is 132 Å². The smallest absolute Gasteiger partial charge is 0.240 e. The van der Waals surface area contributed by atoms with Gasteiger partial charge >= 0.3 is 0 Å². The van der Waals surface area contributed by atoms with E-state index in [4.69, 9.17) is 15.0 Å². The number of aromatic nitrogens is 8. The summed E-state index contributed by atoms with van der Waals surface area (Å²) in [6, 6.07) is 117. The molecule has 1 aliphatic heterocycles. The van der Waals surface area contributed by atoms with Crippen LogP contribution in [0.3, 0.4) is 0 Å². The molecule has 0 N–H and O–H groups in total. The predicted molar refractivity (Wildman–Crippen MR) is 421 cm³/mol. The van der Waals surface area contributed by atoms with Crippen molar-refractivity contribution in [3.05, 3.63) is 351 Å².